The zero-order valence-corrected chi connectivity index (χ0v) is 17.3. The van der Waals surface area contributed by atoms with E-state index in [9.17, 15) is 9.59 Å². The minimum absolute atomic E-state index is 0.429. The Labute approximate surface area is 173 Å². The summed E-state index contributed by atoms with van der Waals surface area (Å²) in [5.74, 6) is -1.21. The molecule has 150 valence electrons. The normalized spacial score (nSPS) is 11.6. The lowest BCUT2D eigenvalue weighted by Crippen LogP contribution is -2.27. The molecule has 0 N–H and O–H groups in total. The van der Waals surface area contributed by atoms with Gasteiger partial charge in [-0.3, -0.25) is 0 Å². The van der Waals surface area contributed by atoms with Crippen molar-refractivity contribution in [2.24, 2.45) is 0 Å². The van der Waals surface area contributed by atoms with Crippen molar-refractivity contribution in [3.8, 4) is 16.3 Å². The number of thiophene rings is 1. The first-order valence-corrected chi connectivity index (χ1v) is 9.95. The van der Waals surface area contributed by atoms with Crippen molar-refractivity contribution in [1.29, 1.82) is 0 Å². The number of nitrogens with zero attached hydrogens (tertiary/aromatic N) is 2. The number of carbonyl (C=O) groups excluding carboxylic acids is 2. The third-order valence-corrected chi connectivity index (χ3v) is 4.55. The first kappa shape index (κ1) is 20.5. The van der Waals surface area contributed by atoms with Crippen LogP contribution in [-0.2, 0) is 19.1 Å². The molecule has 0 aliphatic carbocycles. The fourth-order valence-corrected chi connectivity index (χ4v) is 3.27. The molecule has 2 aromatic heterocycles. The Balaban J connectivity index is 1.75. The van der Waals surface area contributed by atoms with Crippen LogP contribution in [0.4, 0.5) is 0 Å². The monoisotopic (exact) mass is 410 g/mol. The van der Waals surface area contributed by atoms with Gasteiger partial charge in [0.1, 0.15) is 11.3 Å². The number of esters is 2. The lowest BCUT2D eigenvalue weighted by molar-refractivity contribution is -0.164. The maximum atomic E-state index is 12.0. The highest BCUT2D eigenvalue weighted by Crippen LogP contribution is 2.28. The molecule has 0 aliphatic heterocycles. The predicted octanol–water partition coefficient (Wildman–Crippen LogP) is 4.50. The van der Waals surface area contributed by atoms with E-state index >= 15 is 0 Å². The Morgan fingerprint density at radius 2 is 1.90 bits per heavy atom. The lowest BCUT2D eigenvalue weighted by atomic mass is 10.2. The van der Waals surface area contributed by atoms with Crippen LogP contribution >= 0.6 is 11.3 Å². The molecular formula is C22H22N2O4S. The maximum Gasteiger partial charge on any atom is 0.344 e. The van der Waals surface area contributed by atoms with Crippen LogP contribution in [0.3, 0.4) is 0 Å². The molecule has 1 aromatic carbocycles. The van der Waals surface area contributed by atoms with Crippen molar-refractivity contribution in [1.82, 2.24) is 9.78 Å². The van der Waals surface area contributed by atoms with E-state index in [-0.39, 0.29) is 0 Å². The lowest BCUT2D eigenvalue weighted by Gasteiger charge is -2.19. The summed E-state index contributed by atoms with van der Waals surface area (Å²) in [6.07, 6.45) is 4.77. The highest BCUT2D eigenvalue weighted by Gasteiger charge is 2.17. The highest BCUT2D eigenvalue weighted by molar-refractivity contribution is 7.13. The van der Waals surface area contributed by atoms with Crippen molar-refractivity contribution < 1.29 is 19.1 Å². The first-order chi connectivity index (χ1) is 13.8. The Bertz CT molecular complexity index is 999. The molecule has 2 heterocycles. The molecule has 0 unspecified atom stereocenters. The summed E-state index contributed by atoms with van der Waals surface area (Å²) in [5, 5.41) is 6.64. The molecule has 0 atom stereocenters. The van der Waals surface area contributed by atoms with Crippen molar-refractivity contribution in [3.05, 3.63) is 65.7 Å². The van der Waals surface area contributed by atoms with E-state index in [0.29, 0.717) is 0 Å². The van der Waals surface area contributed by atoms with Gasteiger partial charge in [-0.2, -0.15) is 5.10 Å². The van der Waals surface area contributed by atoms with Crippen LogP contribution in [0.5, 0.6) is 0 Å². The maximum absolute atomic E-state index is 12.0. The summed E-state index contributed by atoms with van der Waals surface area (Å²) < 4.78 is 11.9. The summed E-state index contributed by atoms with van der Waals surface area (Å²) in [6, 6.07) is 13.6. The second kappa shape index (κ2) is 8.87. The molecule has 3 rings (SSSR count). The molecule has 0 saturated heterocycles. The largest absolute Gasteiger partial charge is 0.457 e. The average Bonchev–Trinajstić information content (AvgIpc) is 3.33. The van der Waals surface area contributed by atoms with Crippen molar-refractivity contribution in [2.75, 3.05) is 6.61 Å². The van der Waals surface area contributed by atoms with Crippen LogP contribution in [0.1, 0.15) is 26.3 Å². The fourth-order valence-electron chi connectivity index (χ4n) is 2.53. The van der Waals surface area contributed by atoms with Gasteiger partial charge in [0.25, 0.3) is 0 Å². The van der Waals surface area contributed by atoms with E-state index in [2.05, 4.69) is 5.10 Å². The summed E-state index contributed by atoms with van der Waals surface area (Å²) in [5.41, 5.74) is 1.82. The number of hydrogen-bond acceptors (Lipinski definition) is 6. The van der Waals surface area contributed by atoms with Gasteiger partial charge in [0, 0.05) is 17.8 Å². The smallest absolute Gasteiger partial charge is 0.344 e. The molecule has 7 heteroatoms. The van der Waals surface area contributed by atoms with Gasteiger partial charge in [-0.25, -0.2) is 14.3 Å². The minimum atomic E-state index is -0.625. The topological polar surface area (TPSA) is 70.4 Å². The van der Waals surface area contributed by atoms with Gasteiger partial charge in [0.05, 0.1) is 10.6 Å². The Morgan fingerprint density at radius 1 is 1.14 bits per heavy atom. The number of para-hydroxylation sites is 1. The molecule has 0 radical (unpaired) electrons. The summed E-state index contributed by atoms with van der Waals surface area (Å²) in [6.45, 7) is 4.83. The number of benzene rings is 1. The van der Waals surface area contributed by atoms with Gasteiger partial charge < -0.3 is 9.47 Å². The highest BCUT2D eigenvalue weighted by atomic mass is 32.1. The second-order valence-electron chi connectivity index (χ2n) is 7.22. The molecule has 0 aliphatic rings. The second-order valence-corrected chi connectivity index (χ2v) is 8.17. The molecule has 0 saturated carbocycles. The fraction of sp³-hybridized carbons (Fsp3) is 0.227. The molecule has 0 spiro atoms. The number of rotatable bonds is 6. The predicted molar refractivity (Wildman–Crippen MR) is 113 cm³/mol. The van der Waals surface area contributed by atoms with Crippen LogP contribution in [0.15, 0.2) is 60.1 Å². The van der Waals surface area contributed by atoms with E-state index in [1.807, 2.05) is 54.0 Å². The summed E-state index contributed by atoms with van der Waals surface area (Å²) in [7, 11) is 0. The Morgan fingerprint density at radius 3 is 2.55 bits per heavy atom. The zero-order valence-electron chi connectivity index (χ0n) is 16.5. The van der Waals surface area contributed by atoms with Crippen LogP contribution in [-0.4, -0.2) is 33.9 Å². The average molecular weight is 410 g/mol. The number of ether oxygens (including phenoxy) is 2. The van der Waals surface area contributed by atoms with Crippen LogP contribution in [0.25, 0.3) is 22.3 Å². The van der Waals surface area contributed by atoms with Crippen molar-refractivity contribution >= 4 is 29.4 Å². The Hall–Kier alpha value is -3.19. The SMILES string of the molecule is CC(C)(C)OC(=O)COC(=O)/C=C/c1cn(-c2ccccc2)nc1-c1cccs1. The number of carbonyl (C=O) groups is 2. The van der Waals surface area contributed by atoms with Crippen LogP contribution in [0, 0.1) is 0 Å². The molecular weight excluding hydrogens is 388 g/mol. The van der Waals surface area contributed by atoms with E-state index in [0.717, 1.165) is 21.8 Å². The summed E-state index contributed by atoms with van der Waals surface area (Å²) in [4.78, 5) is 24.7. The van der Waals surface area contributed by atoms with Crippen molar-refractivity contribution in [3.63, 3.8) is 0 Å². The van der Waals surface area contributed by atoms with Crippen LogP contribution in [0.2, 0.25) is 0 Å². The number of aromatic nitrogens is 2. The molecule has 3 aromatic rings. The van der Waals surface area contributed by atoms with Gasteiger partial charge in [-0.15, -0.1) is 11.3 Å². The number of hydrogen-bond donors (Lipinski definition) is 0. The molecule has 0 fully saturated rings. The first-order valence-electron chi connectivity index (χ1n) is 9.07. The van der Waals surface area contributed by atoms with Gasteiger partial charge in [0.15, 0.2) is 6.61 Å². The zero-order chi connectivity index (χ0) is 20.9. The van der Waals surface area contributed by atoms with E-state index in [1.54, 1.807) is 42.9 Å². The van der Waals surface area contributed by atoms with Crippen LogP contribution < -0.4 is 0 Å². The third-order valence-electron chi connectivity index (χ3n) is 3.67. The molecule has 0 bridgehead atoms. The van der Waals surface area contributed by atoms with E-state index < -0.39 is 24.1 Å². The Kier molecular flexibility index (Phi) is 6.29. The minimum Gasteiger partial charge on any atom is -0.457 e. The van der Waals surface area contributed by atoms with E-state index in [1.165, 1.54) is 6.08 Å². The molecule has 0 amide bonds. The van der Waals surface area contributed by atoms with Gasteiger partial charge in [0.2, 0.25) is 0 Å². The molecule has 6 nitrogen and oxygen atoms in total. The molecule has 29 heavy (non-hydrogen) atoms. The quantitative estimate of drug-likeness (QED) is 0.442. The van der Waals surface area contributed by atoms with Gasteiger partial charge in [-0.05, 0) is 50.4 Å². The van der Waals surface area contributed by atoms with E-state index in [4.69, 9.17) is 9.47 Å². The third kappa shape index (κ3) is 5.89. The van der Waals surface area contributed by atoms with Gasteiger partial charge in [-0.1, -0.05) is 24.3 Å². The van der Waals surface area contributed by atoms with Gasteiger partial charge >= 0.3 is 11.9 Å². The van der Waals surface area contributed by atoms with Crippen molar-refractivity contribution in [2.45, 2.75) is 26.4 Å². The summed E-state index contributed by atoms with van der Waals surface area (Å²) >= 11 is 1.57. The standard InChI is InChI=1S/C22H22N2O4S/c1-22(2,3)28-20(26)15-27-19(25)12-11-16-14-24(17-8-5-4-6-9-17)23-21(16)18-10-7-13-29-18/h4-14H,15H2,1-3H3/b12-11+.